The van der Waals surface area contributed by atoms with E-state index in [1.807, 2.05) is 6.07 Å². The van der Waals surface area contributed by atoms with Crippen LogP contribution in [-0.2, 0) is 38.5 Å². The maximum atomic E-state index is 14.0. The van der Waals surface area contributed by atoms with Gasteiger partial charge in [0.05, 0.1) is 36.0 Å². The van der Waals surface area contributed by atoms with Crippen molar-refractivity contribution in [3.05, 3.63) is 60.4 Å². The number of carbonyl (C=O) groups excluding carboxylic acids is 2. The van der Waals surface area contributed by atoms with Gasteiger partial charge in [-0.1, -0.05) is 32.0 Å². The number of aliphatic hydroxyl groups is 1. The van der Waals surface area contributed by atoms with Crippen LogP contribution in [-0.4, -0.2) is 63.7 Å². The summed E-state index contributed by atoms with van der Waals surface area (Å²) in [7, 11) is -4.37. The number of nitrogens with one attached hydrogen (secondary N) is 1. The van der Waals surface area contributed by atoms with Gasteiger partial charge in [0.2, 0.25) is 5.60 Å². The van der Waals surface area contributed by atoms with Crippen LogP contribution in [0.5, 0.6) is 5.75 Å². The van der Waals surface area contributed by atoms with Crippen LogP contribution in [0.25, 0.3) is 5.52 Å². The Bertz CT molecular complexity index is 1590. The van der Waals surface area contributed by atoms with Crippen LogP contribution < -0.4 is 15.3 Å². The van der Waals surface area contributed by atoms with Crippen LogP contribution >= 0.6 is 7.75 Å². The number of ether oxygens (including phenoxy) is 3. The Morgan fingerprint density at radius 3 is 2.55 bits per heavy atom. The van der Waals surface area contributed by atoms with Crippen molar-refractivity contribution in [2.45, 2.75) is 64.1 Å². The van der Waals surface area contributed by atoms with E-state index in [0.29, 0.717) is 11.2 Å². The largest absolute Gasteiger partial charge is 0.465 e. The zero-order valence-corrected chi connectivity index (χ0v) is 25.9. The Kier molecular flexibility index (Phi) is 9.68. The summed E-state index contributed by atoms with van der Waals surface area (Å²) in [5, 5.41) is 29.4. The molecule has 14 nitrogen and oxygen atoms in total. The zero-order chi connectivity index (χ0) is 32.3. The molecule has 0 aliphatic carbocycles. The average Bonchev–Trinajstić information content (AvgIpc) is 3.50. The molecule has 2 aromatic heterocycles. The van der Waals surface area contributed by atoms with E-state index in [1.54, 1.807) is 51.1 Å². The maximum absolute atomic E-state index is 14.0. The monoisotopic (exact) mass is 629 g/mol. The Morgan fingerprint density at radius 1 is 1.20 bits per heavy atom. The molecule has 1 aliphatic heterocycles. The van der Waals surface area contributed by atoms with Gasteiger partial charge in [-0.3, -0.25) is 14.1 Å². The van der Waals surface area contributed by atoms with Crippen LogP contribution in [0, 0.1) is 17.2 Å². The third kappa shape index (κ3) is 6.29. The summed E-state index contributed by atoms with van der Waals surface area (Å²) in [4.78, 5) is 25.2. The number of nitrogen functional groups attached to an aromatic ring is 1. The first kappa shape index (κ1) is 32.9. The first-order chi connectivity index (χ1) is 20.8. The summed E-state index contributed by atoms with van der Waals surface area (Å²) >= 11 is 0. The Hall–Kier alpha value is -3.99. The first-order valence-corrected chi connectivity index (χ1v) is 15.5. The van der Waals surface area contributed by atoms with Gasteiger partial charge in [0.15, 0.2) is 6.10 Å². The van der Waals surface area contributed by atoms with E-state index in [-0.39, 0.29) is 18.1 Å². The second-order valence-electron chi connectivity index (χ2n) is 10.7. The molecule has 0 unspecified atom stereocenters. The Labute approximate surface area is 254 Å². The molecule has 4 N–H and O–H groups in total. The topological polar surface area (TPSA) is 197 Å². The molecule has 1 aromatic carbocycles. The summed E-state index contributed by atoms with van der Waals surface area (Å²) in [6.07, 6.45) is -1.42. The molecule has 6 atom stereocenters. The van der Waals surface area contributed by atoms with E-state index in [4.69, 9.17) is 29.0 Å². The summed E-state index contributed by atoms with van der Waals surface area (Å²) in [5.41, 5.74) is 2.67. The number of benzene rings is 1. The van der Waals surface area contributed by atoms with E-state index in [9.17, 15) is 24.5 Å². The number of nitrogens with zero attached hydrogens (tertiary/aromatic N) is 3. The number of anilines is 1. The number of nitriles is 1. The van der Waals surface area contributed by atoms with Crippen molar-refractivity contribution in [1.29, 1.82) is 5.26 Å². The lowest BCUT2D eigenvalue weighted by Crippen LogP contribution is -2.54. The predicted molar refractivity (Wildman–Crippen MR) is 157 cm³/mol. The number of carbonyl (C=O) groups is 2. The number of aromatic nitrogens is 2. The van der Waals surface area contributed by atoms with E-state index in [2.05, 4.69) is 10.2 Å². The molecule has 1 fully saturated rings. The summed E-state index contributed by atoms with van der Waals surface area (Å²) in [5.74, 6) is -1.82. The van der Waals surface area contributed by atoms with Gasteiger partial charge in [0.1, 0.15) is 29.6 Å². The number of para-hydroxylation sites is 1. The van der Waals surface area contributed by atoms with Crippen molar-refractivity contribution in [2.75, 3.05) is 18.9 Å². The summed E-state index contributed by atoms with van der Waals surface area (Å²) in [6, 6.07) is 13.7. The standard InChI is InChI=1S/C29H36N5O9P/c1-6-39-27(36)19(4)33-44(38,43-20-10-8-7-9-11-20)40-16-23-25(41-26(35)18(2)3)28(5,37)29(17-30,42-23)24-13-12-22-21(31)14-15-32-34(22)24/h7-15,18-19,23,25,37H,6,16,31H2,1-5H3,(H,33,38)/t19-,23+,25+,28+,29-,44-/m0/s1. The molecule has 4 rings (SSSR count). The smallest absolute Gasteiger partial charge is 0.459 e. The quantitative estimate of drug-likeness (QED) is 0.195. The van der Waals surface area contributed by atoms with E-state index < -0.39 is 61.7 Å². The summed E-state index contributed by atoms with van der Waals surface area (Å²) in [6.45, 7) is 7.03. The molecular formula is C29H36N5O9P. The van der Waals surface area contributed by atoms with Crippen molar-refractivity contribution < 1.29 is 42.5 Å². The van der Waals surface area contributed by atoms with E-state index >= 15 is 0 Å². The van der Waals surface area contributed by atoms with Gasteiger partial charge in [0, 0.05) is 6.20 Å². The molecule has 236 valence electrons. The van der Waals surface area contributed by atoms with Gasteiger partial charge in [-0.25, -0.2) is 9.08 Å². The maximum Gasteiger partial charge on any atom is 0.459 e. The molecule has 15 heteroatoms. The minimum atomic E-state index is -4.37. The van der Waals surface area contributed by atoms with Gasteiger partial charge < -0.3 is 29.6 Å². The first-order valence-electron chi connectivity index (χ1n) is 14.0. The van der Waals surface area contributed by atoms with Crippen molar-refractivity contribution in [3.63, 3.8) is 0 Å². The van der Waals surface area contributed by atoms with Gasteiger partial charge in [-0.2, -0.15) is 15.4 Å². The predicted octanol–water partition coefficient (Wildman–Crippen LogP) is 3.10. The van der Waals surface area contributed by atoms with Crippen LogP contribution in [0.4, 0.5) is 5.69 Å². The highest BCUT2D eigenvalue weighted by atomic mass is 31.2. The average molecular weight is 630 g/mol. The molecule has 3 heterocycles. The van der Waals surface area contributed by atoms with Crippen LogP contribution in [0.15, 0.2) is 54.7 Å². The molecule has 44 heavy (non-hydrogen) atoms. The third-order valence-corrected chi connectivity index (χ3v) is 8.77. The van der Waals surface area contributed by atoms with Gasteiger partial charge in [-0.05, 0) is 51.1 Å². The second kappa shape index (κ2) is 12.9. The fourth-order valence-corrected chi connectivity index (χ4v) is 6.31. The second-order valence-corrected chi connectivity index (χ2v) is 12.4. The van der Waals surface area contributed by atoms with Crippen LogP contribution in [0.2, 0.25) is 0 Å². The number of nitrogens with two attached hydrogens (primary N) is 1. The number of hydrogen-bond acceptors (Lipinski definition) is 12. The Morgan fingerprint density at radius 2 is 1.91 bits per heavy atom. The van der Waals surface area contributed by atoms with E-state index in [1.165, 1.54) is 42.8 Å². The number of hydrogen-bond donors (Lipinski definition) is 3. The van der Waals surface area contributed by atoms with Crippen molar-refractivity contribution >= 4 is 30.9 Å². The zero-order valence-electron chi connectivity index (χ0n) is 25.0. The SMILES string of the molecule is CCOC(=O)[C@H](C)N[P@](=O)(OC[C@H]1O[C@@](C#N)(c2ccc3c(N)ccnn23)[C@](C)(O)[C@@H]1OC(=O)C(C)C)Oc1ccccc1. The lowest BCUT2D eigenvalue weighted by molar-refractivity contribution is -0.168. The van der Waals surface area contributed by atoms with Crippen LogP contribution in [0.3, 0.4) is 0 Å². The molecule has 3 aromatic rings. The molecule has 1 aliphatic rings. The minimum absolute atomic E-state index is 0.0919. The highest BCUT2D eigenvalue weighted by Gasteiger charge is 2.67. The molecule has 0 amide bonds. The van der Waals surface area contributed by atoms with Crippen LogP contribution in [0.1, 0.15) is 40.3 Å². The fourth-order valence-electron chi connectivity index (χ4n) is 4.80. The Balaban J connectivity index is 1.73. The molecule has 0 spiro atoms. The lowest BCUT2D eigenvalue weighted by Gasteiger charge is -2.34. The lowest BCUT2D eigenvalue weighted by atomic mass is 9.80. The van der Waals surface area contributed by atoms with Crippen molar-refractivity contribution in [1.82, 2.24) is 14.7 Å². The number of rotatable bonds is 12. The minimum Gasteiger partial charge on any atom is -0.465 e. The van der Waals surface area contributed by atoms with Gasteiger partial charge in [-0.15, -0.1) is 0 Å². The third-order valence-electron chi connectivity index (χ3n) is 7.12. The van der Waals surface area contributed by atoms with Crippen molar-refractivity contribution in [2.24, 2.45) is 5.92 Å². The van der Waals surface area contributed by atoms with E-state index in [0.717, 1.165) is 0 Å². The highest BCUT2D eigenvalue weighted by Crippen LogP contribution is 2.51. The highest BCUT2D eigenvalue weighted by molar-refractivity contribution is 7.52. The number of esters is 2. The van der Waals surface area contributed by atoms with Crippen molar-refractivity contribution in [3.8, 4) is 11.8 Å². The molecule has 0 radical (unpaired) electrons. The van der Waals surface area contributed by atoms with Gasteiger partial charge in [0.25, 0.3) is 0 Å². The molecule has 0 bridgehead atoms. The number of fused-ring (bicyclic) bond motifs is 1. The normalized spacial score (nSPS) is 25.2. The fraction of sp³-hybridized carbons (Fsp3) is 0.448. The van der Waals surface area contributed by atoms with Gasteiger partial charge >= 0.3 is 19.7 Å². The summed E-state index contributed by atoms with van der Waals surface area (Å²) < 4.78 is 43.8. The molecule has 0 saturated carbocycles. The molecule has 1 saturated heterocycles. The molecular weight excluding hydrogens is 593 g/mol.